The quantitative estimate of drug-likeness (QED) is 0.575. The molecule has 3 aromatic heterocycles. The van der Waals surface area contributed by atoms with Gasteiger partial charge in [0.25, 0.3) is 0 Å². The number of thiophene rings is 1. The Balaban J connectivity index is 1.53. The van der Waals surface area contributed by atoms with Gasteiger partial charge in [0.15, 0.2) is 11.5 Å². The van der Waals surface area contributed by atoms with Gasteiger partial charge in [-0.15, -0.1) is 15.3 Å². The molecule has 0 amide bonds. The number of aromatic nitrogens is 4. The van der Waals surface area contributed by atoms with Crippen LogP contribution in [0.4, 0.5) is 10.2 Å². The molecule has 0 aliphatic rings. The van der Waals surface area contributed by atoms with Gasteiger partial charge in [0.2, 0.25) is 0 Å². The first-order valence-corrected chi connectivity index (χ1v) is 8.57. The Morgan fingerprint density at radius 2 is 1.96 bits per heavy atom. The fourth-order valence-electron chi connectivity index (χ4n) is 2.46. The highest BCUT2D eigenvalue weighted by Gasteiger charge is 2.12. The first-order valence-electron chi connectivity index (χ1n) is 7.63. The molecule has 2 N–H and O–H groups in total. The van der Waals surface area contributed by atoms with Crippen molar-refractivity contribution >= 4 is 22.8 Å². The van der Waals surface area contributed by atoms with Crippen LogP contribution in [0.2, 0.25) is 0 Å². The van der Waals surface area contributed by atoms with Gasteiger partial charge in [-0.25, -0.2) is 4.39 Å². The molecule has 0 spiro atoms. The minimum absolute atomic E-state index is 0.250. The van der Waals surface area contributed by atoms with Crippen LogP contribution in [0.1, 0.15) is 11.7 Å². The fraction of sp³-hybridized carbons (Fsp3) is 0.118. The standard InChI is InChI=1S/C17H14FN5OS/c18-13-3-1-11(2-4-13)14(24)9-19-15-5-6-16-20-21-17(23(16)22-15)12-7-8-25-10-12/h1-8,10,14,24H,9H2,(H,19,22). The van der Waals surface area contributed by atoms with Gasteiger partial charge >= 0.3 is 0 Å². The van der Waals surface area contributed by atoms with Crippen molar-refractivity contribution in [3.05, 3.63) is 64.6 Å². The van der Waals surface area contributed by atoms with Crippen molar-refractivity contribution in [2.75, 3.05) is 11.9 Å². The summed E-state index contributed by atoms with van der Waals surface area (Å²) in [6.07, 6.45) is -0.768. The van der Waals surface area contributed by atoms with Gasteiger partial charge in [-0.05, 0) is 41.3 Å². The van der Waals surface area contributed by atoms with Gasteiger partial charge < -0.3 is 10.4 Å². The lowest BCUT2D eigenvalue weighted by Gasteiger charge is -2.12. The van der Waals surface area contributed by atoms with Crippen LogP contribution in [-0.2, 0) is 0 Å². The summed E-state index contributed by atoms with van der Waals surface area (Å²) in [6.45, 7) is 0.250. The molecule has 1 unspecified atom stereocenters. The van der Waals surface area contributed by atoms with Crippen molar-refractivity contribution in [1.29, 1.82) is 0 Å². The second-order valence-corrected chi connectivity index (χ2v) is 6.25. The van der Waals surface area contributed by atoms with Gasteiger partial charge in [0, 0.05) is 17.5 Å². The first-order chi connectivity index (χ1) is 12.2. The van der Waals surface area contributed by atoms with Crippen molar-refractivity contribution in [2.45, 2.75) is 6.10 Å². The number of aliphatic hydroxyl groups excluding tert-OH is 1. The Morgan fingerprint density at radius 3 is 2.72 bits per heavy atom. The van der Waals surface area contributed by atoms with Gasteiger partial charge in [-0.1, -0.05) is 12.1 Å². The monoisotopic (exact) mass is 355 g/mol. The molecular formula is C17H14FN5OS. The lowest BCUT2D eigenvalue weighted by atomic mass is 10.1. The molecule has 4 aromatic rings. The van der Waals surface area contributed by atoms with E-state index in [1.54, 1.807) is 34.1 Å². The molecule has 0 saturated heterocycles. The third kappa shape index (κ3) is 3.21. The zero-order chi connectivity index (χ0) is 17.2. The third-order valence-corrected chi connectivity index (χ3v) is 4.46. The van der Waals surface area contributed by atoms with Gasteiger partial charge in [0.05, 0.1) is 6.10 Å². The minimum Gasteiger partial charge on any atom is -0.387 e. The highest BCUT2D eigenvalue weighted by molar-refractivity contribution is 7.08. The maximum absolute atomic E-state index is 13.0. The summed E-state index contributed by atoms with van der Waals surface area (Å²) < 4.78 is 14.6. The summed E-state index contributed by atoms with van der Waals surface area (Å²) in [5, 5.41) is 30.0. The van der Waals surface area contributed by atoms with Crippen molar-refractivity contribution in [2.24, 2.45) is 0 Å². The number of benzene rings is 1. The van der Waals surface area contributed by atoms with E-state index >= 15 is 0 Å². The Bertz CT molecular complexity index is 984. The van der Waals surface area contributed by atoms with Crippen molar-refractivity contribution in [3.63, 3.8) is 0 Å². The second kappa shape index (κ2) is 6.58. The lowest BCUT2D eigenvalue weighted by Crippen LogP contribution is -2.13. The first kappa shape index (κ1) is 15.7. The molecule has 0 bridgehead atoms. The normalized spacial score (nSPS) is 12.4. The zero-order valence-corrected chi connectivity index (χ0v) is 13.8. The molecule has 3 heterocycles. The predicted octanol–water partition coefficient (Wildman–Crippen LogP) is 3.14. The van der Waals surface area contributed by atoms with Crippen molar-refractivity contribution in [1.82, 2.24) is 19.8 Å². The number of hydrogen-bond acceptors (Lipinski definition) is 6. The zero-order valence-electron chi connectivity index (χ0n) is 13.0. The van der Waals surface area contributed by atoms with E-state index in [4.69, 9.17) is 0 Å². The molecule has 0 radical (unpaired) electrons. The highest BCUT2D eigenvalue weighted by atomic mass is 32.1. The van der Waals surface area contributed by atoms with Crippen LogP contribution in [0.15, 0.2) is 53.2 Å². The van der Waals surface area contributed by atoms with Crippen LogP contribution in [0, 0.1) is 5.82 Å². The van der Waals surface area contributed by atoms with Crippen molar-refractivity contribution < 1.29 is 9.50 Å². The number of hydrogen-bond donors (Lipinski definition) is 2. The van der Waals surface area contributed by atoms with E-state index in [1.807, 2.05) is 22.9 Å². The second-order valence-electron chi connectivity index (χ2n) is 5.47. The van der Waals surface area contributed by atoms with E-state index in [9.17, 15) is 9.50 Å². The van der Waals surface area contributed by atoms with E-state index in [2.05, 4.69) is 20.6 Å². The molecule has 6 nitrogen and oxygen atoms in total. The van der Waals surface area contributed by atoms with Crippen LogP contribution in [0.5, 0.6) is 0 Å². The minimum atomic E-state index is -0.768. The van der Waals surface area contributed by atoms with Gasteiger partial charge in [-0.3, -0.25) is 0 Å². The van der Waals surface area contributed by atoms with E-state index in [0.717, 1.165) is 5.56 Å². The average Bonchev–Trinajstić information content (AvgIpc) is 3.29. The Labute approximate surface area is 146 Å². The molecule has 0 aliphatic carbocycles. The molecule has 25 heavy (non-hydrogen) atoms. The number of nitrogens with zero attached hydrogens (tertiary/aromatic N) is 4. The molecule has 4 rings (SSSR count). The summed E-state index contributed by atoms with van der Waals surface area (Å²) in [4.78, 5) is 0. The van der Waals surface area contributed by atoms with Gasteiger partial charge in [0.1, 0.15) is 11.6 Å². The molecule has 126 valence electrons. The molecule has 1 aromatic carbocycles. The Hall–Kier alpha value is -2.84. The van der Waals surface area contributed by atoms with E-state index < -0.39 is 6.10 Å². The van der Waals surface area contributed by atoms with Crippen molar-refractivity contribution in [3.8, 4) is 11.4 Å². The van der Waals surface area contributed by atoms with Crippen LogP contribution in [0.3, 0.4) is 0 Å². The third-order valence-electron chi connectivity index (χ3n) is 3.77. The van der Waals surface area contributed by atoms with Crippen LogP contribution in [-0.4, -0.2) is 31.5 Å². The van der Waals surface area contributed by atoms with Crippen LogP contribution >= 0.6 is 11.3 Å². The number of rotatable bonds is 5. The maximum Gasteiger partial charge on any atom is 0.186 e. The lowest BCUT2D eigenvalue weighted by molar-refractivity contribution is 0.191. The topological polar surface area (TPSA) is 75.3 Å². The number of anilines is 1. The molecule has 0 saturated carbocycles. The number of aliphatic hydroxyl groups is 1. The number of nitrogens with one attached hydrogen (secondary N) is 1. The maximum atomic E-state index is 13.0. The number of fused-ring (bicyclic) bond motifs is 1. The average molecular weight is 355 g/mol. The number of halogens is 1. The predicted molar refractivity (Wildman–Crippen MR) is 93.9 cm³/mol. The fourth-order valence-corrected chi connectivity index (χ4v) is 3.09. The SMILES string of the molecule is OC(CNc1ccc2nnc(-c3ccsc3)n2n1)c1ccc(F)cc1. The molecule has 1 atom stereocenters. The van der Waals surface area contributed by atoms with Crippen LogP contribution in [0.25, 0.3) is 17.0 Å². The Kier molecular flexibility index (Phi) is 4.12. The van der Waals surface area contributed by atoms with E-state index in [1.165, 1.54) is 12.1 Å². The molecule has 0 aliphatic heterocycles. The summed E-state index contributed by atoms with van der Waals surface area (Å²) in [7, 11) is 0. The van der Waals surface area contributed by atoms with Gasteiger partial charge in [-0.2, -0.15) is 15.9 Å². The smallest absolute Gasteiger partial charge is 0.186 e. The molecular weight excluding hydrogens is 341 g/mol. The summed E-state index contributed by atoms with van der Waals surface area (Å²) in [5.74, 6) is 0.925. The highest BCUT2D eigenvalue weighted by Crippen LogP contribution is 2.21. The Morgan fingerprint density at radius 1 is 1.12 bits per heavy atom. The van der Waals surface area contributed by atoms with E-state index in [0.29, 0.717) is 22.9 Å². The van der Waals surface area contributed by atoms with Crippen LogP contribution < -0.4 is 5.32 Å². The summed E-state index contributed by atoms with van der Waals surface area (Å²) in [6, 6.07) is 11.3. The largest absolute Gasteiger partial charge is 0.387 e. The molecule has 8 heteroatoms. The summed E-state index contributed by atoms with van der Waals surface area (Å²) >= 11 is 1.58. The van der Waals surface area contributed by atoms with E-state index in [-0.39, 0.29) is 12.4 Å². The summed E-state index contributed by atoms with van der Waals surface area (Å²) in [5.41, 5.74) is 2.23. The molecule has 0 fully saturated rings.